The predicted molar refractivity (Wildman–Crippen MR) is 121 cm³/mol. The van der Waals surface area contributed by atoms with E-state index in [0.717, 1.165) is 53.6 Å². The van der Waals surface area contributed by atoms with Crippen molar-refractivity contribution < 1.29 is 9.59 Å². The molecule has 2 amide bonds. The van der Waals surface area contributed by atoms with Crippen molar-refractivity contribution in [2.45, 2.75) is 46.5 Å². The van der Waals surface area contributed by atoms with Crippen molar-refractivity contribution in [3.8, 4) is 6.07 Å². The number of aryl methyl sites for hydroxylation is 4. The van der Waals surface area contributed by atoms with E-state index < -0.39 is 0 Å². The number of amides is 2. The highest BCUT2D eigenvalue weighted by molar-refractivity contribution is 7.16. The normalized spacial score (nSPS) is 12.9. The van der Waals surface area contributed by atoms with E-state index in [4.69, 9.17) is 0 Å². The SMILES string of the molecule is Cc1cc(C)c(NC(=O)CN(C)CC(=O)Nc2sc3c(c2C#N)CCCC3)c(C)c1. The van der Waals surface area contributed by atoms with E-state index in [1.54, 1.807) is 11.9 Å². The first-order chi connectivity index (χ1) is 14.3. The summed E-state index contributed by atoms with van der Waals surface area (Å²) in [4.78, 5) is 27.8. The van der Waals surface area contributed by atoms with E-state index in [1.165, 1.54) is 16.2 Å². The maximum atomic E-state index is 12.5. The van der Waals surface area contributed by atoms with E-state index in [9.17, 15) is 14.9 Å². The first-order valence-corrected chi connectivity index (χ1v) is 11.0. The summed E-state index contributed by atoms with van der Waals surface area (Å²) >= 11 is 1.51. The quantitative estimate of drug-likeness (QED) is 0.736. The van der Waals surface area contributed by atoms with Crippen LogP contribution in [0.2, 0.25) is 0 Å². The van der Waals surface area contributed by atoms with Crippen LogP contribution in [0.15, 0.2) is 12.1 Å². The summed E-state index contributed by atoms with van der Waals surface area (Å²) in [6.45, 7) is 6.15. The van der Waals surface area contributed by atoms with Gasteiger partial charge in [-0.15, -0.1) is 11.3 Å². The van der Waals surface area contributed by atoms with E-state index in [-0.39, 0.29) is 24.9 Å². The second kappa shape index (κ2) is 9.41. The third kappa shape index (κ3) is 5.07. The fourth-order valence-electron chi connectivity index (χ4n) is 4.04. The molecule has 1 aromatic carbocycles. The number of carbonyl (C=O) groups is 2. The van der Waals surface area contributed by atoms with Crippen LogP contribution >= 0.6 is 11.3 Å². The first kappa shape index (κ1) is 22.0. The summed E-state index contributed by atoms with van der Waals surface area (Å²) in [5.74, 6) is -0.382. The number of carbonyl (C=O) groups excluding carboxylic acids is 2. The van der Waals surface area contributed by atoms with Crippen LogP contribution in [-0.2, 0) is 22.4 Å². The fraction of sp³-hybridized carbons (Fsp3) is 0.435. The molecular weight excluding hydrogens is 396 g/mol. The number of fused-ring (bicyclic) bond motifs is 1. The molecule has 0 bridgehead atoms. The summed E-state index contributed by atoms with van der Waals surface area (Å²) in [5.41, 5.74) is 5.73. The average molecular weight is 425 g/mol. The molecule has 7 heteroatoms. The lowest BCUT2D eigenvalue weighted by molar-refractivity contribution is -0.119. The fourth-order valence-corrected chi connectivity index (χ4v) is 5.30. The van der Waals surface area contributed by atoms with Gasteiger partial charge in [-0.25, -0.2) is 0 Å². The van der Waals surface area contributed by atoms with Crippen molar-refractivity contribution in [3.63, 3.8) is 0 Å². The van der Waals surface area contributed by atoms with Gasteiger partial charge in [0.25, 0.3) is 0 Å². The van der Waals surface area contributed by atoms with Gasteiger partial charge in [-0.05, 0) is 70.2 Å². The molecule has 0 fully saturated rings. The van der Waals surface area contributed by atoms with Gasteiger partial charge < -0.3 is 10.6 Å². The van der Waals surface area contributed by atoms with Crippen LogP contribution in [0, 0.1) is 32.1 Å². The molecule has 1 aromatic heterocycles. The Hall–Kier alpha value is -2.69. The van der Waals surface area contributed by atoms with Gasteiger partial charge in [-0.3, -0.25) is 14.5 Å². The molecule has 30 heavy (non-hydrogen) atoms. The Balaban J connectivity index is 1.57. The largest absolute Gasteiger partial charge is 0.324 e. The van der Waals surface area contributed by atoms with Crippen LogP contribution in [0.1, 0.15) is 45.5 Å². The van der Waals surface area contributed by atoms with Gasteiger partial charge in [0.1, 0.15) is 11.1 Å². The van der Waals surface area contributed by atoms with Gasteiger partial charge in [0, 0.05) is 10.6 Å². The molecule has 0 unspecified atom stereocenters. The molecule has 0 spiro atoms. The zero-order valence-corrected chi connectivity index (χ0v) is 18.8. The van der Waals surface area contributed by atoms with Crippen molar-refractivity contribution in [1.29, 1.82) is 5.26 Å². The molecule has 3 rings (SSSR count). The summed E-state index contributed by atoms with van der Waals surface area (Å²) in [6, 6.07) is 6.32. The molecule has 2 N–H and O–H groups in total. The second-order valence-electron chi connectivity index (χ2n) is 8.07. The molecule has 0 saturated heterocycles. The Kier molecular flexibility index (Phi) is 6.91. The predicted octanol–water partition coefficient (Wildman–Crippen LogP) is 3.93. The Morgan fingerprint density at radius 3 is 2.30 bits per heavy atom. The number of nitrogens with one attached hydrogen (secondary N) is 2. The molecule has 158 valence electrons. The van der Waals surface area contributed by atoms with E-state index >= 15 is 0 Å². The number of likely N-dealkylation sites (N-methyl/N-ethyl adjacent to an activating group) is 1. The smallest absolute Gasteiger partial charge is 0.239 e. The highest BCUT2D eigenvalue weighted by Crippen LogP contribution is 2.37. The number of nitriles is 1. The zero-order valence-electron chi connectivity index (χ0n) is 18.0. The van der Waals surface area contributed by atoms with Crippen LogP contribution in [0.5, 0.6) is 0 Å². The Labute approximate surface area is 181 Å². The van der Waals surface area contributed by atoms with Crippen LogP contribution in [0.25, 0.3) is 0 Å². The molecule has 1 aliphatic carbocycles. The third-order valence-electron chi connectivity index (χ3n) is 5.30. The minimum Gasteiger partial charge on any atom is -0.324 e. The lowest BCUT2D eigenvalue weighted by Crippen LogP contribution is -2.36. The number of hydrogen-bond donors (Lipinski definition) is 2. The number of hydrogen-bond acceptors (Lipinski definition) is 5. The summed E-state index contributed by atoms with van der Waals surface area (Å²) in [7, 11) is 1.73. The Morgan fingerprint density at radius 1 is 1.07 bits per heavy atom. The van der Waals surface area contributed by atoms with Crippen molar-refractivity contribution in [1.82, 2.24) is 4.90 Å². The van der Waals surface area contributed by atoms with Crippen molar-refractivity contribution in [2.75, 3.05) is 30.8 Å². The zero-order chi connectivity index (χ0) is 21.8. The van der Waals surface area contributed by atoms with Crippen LogP contribution < -0.4 is 10.6 Å². The standard InChI is InChI=1S/C23H28N4O2S/c1-14-9-15(2)22(16(3)10-14)25-20(28)12-27(4)13-21(29)26-23-18(11-24)17-7-5-6-8-19(17)30-23/h9-10H,5-8,12-13H2,1-4H3,(H,25,28)(H,26,29). The lowest BCUT2D eigenvalue weighted by Gasteiger charge is -2.17. The molecule has 0 aliphatic heterocycles. The number of anilines is 2. The van der Waals surface area contributed by atoms with Gasteiger partial charge in [0.05, 0.1) is 18.7 Å². The van der Waals surface area contributed by atoms with Gasteiger partial charge in [-0.1, -0.05) is 17.7 Å². The molecule has 0 saturated carbocycles. The number of benzene rings is 1. The van der Waals surface area contributed by atoms with Crippen molar-refractivity contribution in [2.24, 2.45) is 0 Å². The van der Waals surface area contributed by atoms with E-state index in [1.807, 2.05) is 32.9 Å². The molecular formula is C23H28N4O2S. The summed E-state index contributed by atoms with van der Waals surface area (Å²) in [6.07, 6.45) is 4.10. The van der Waals surface area contributed by atoms with Gasteiger partial charge in [0.2, 0.25) is 11.8 Å². The molecule has 1 aliphatic rings. The van der Waals surface area contributed by atoms with Crippen LogP contribution in [0.3, 0.4) is 0 Å². The monoisotopic (exact) mass is 424 g/mol. The van der Waals surface area contributed by atoms with E-state index in [2.05, 4.69) is 16.7 Å². The number of nitrogens with zero attached hydrogens (tertiary/aromatic N) is 2. The molecule has 6 nitrogen and oxygen atoms in total. The summed E-state index contributed by atoms with van der Waals surface area (Å²) < 4.78 is 0. The van der Waals surface area contributed by atoms with Crippen molar-refractivity contribution in [3.05, 3.63) is 44.8 Å². The third-order valence-corrected chi connectivity index (χ3v) is 6.51. The molecule has 0 atom stereocenters. The number of rotatable bonds is 6. The number of thiophene rings is 1. The van der Waals surface area contributed by atoms with Crippen LogP contribution in [-0.4, -0.2) is 36.9 Å². The molecule has 0 radical (unpaired) electrons. The Bertz CT molecular complexity index is 996. The minimum atomic E-state index is -0.219. The second-order valence-corrected chi connectivity index (χ2v) is 9.17. The van der Waals surface area contributed by atoms with E-state index in [0.29, 0.717) is 10.6 Å². The lowest BCUT2D eigenvalue weighted by atomic mass is 9.96. The maximum absolute atomic E-state index is 12.5. The van der Waals surface area contributed by atoms with Crippen LogP contribution in [0.4, 0.5) is 10.7 Å². The highest BCUT2D eigenvalue weighted by Gasteiger charge is 2.22. The summed E-state index contributed by atoms with van der Waals surface area (Å²) in [5, 5.41) is 16.0. The van der Waals surface area contributed by atoms with Crippen molar-refractivity contribution >= 4 is 33.8 Å². The minimum absolute atomic E-state index is 0.0761. The first-order valence-electron chi connectivity index (χ1n) is 10.2. The van der Waals surface area contributed by atoms with Gasteiger partial charge in [-0.2, -0.15) is 5.26 Å². The average Bonchev–Trinajstić information content (AvgIpc) is 3.01. The topological polar surface area (TPSA) is 85.2 Å². The maximum Gasteiger partial charge on any atom is 0.239 e. The molecule has 1 heterocycles. The van der Waals surface area contributed by atoms with Gasteiger partial charge in [0.15, 0.2) is 0 Å². The molecule has 2 aromatic rings. The Morgan fingerprint density at radius 2 is 1.67 bits per heavy atom. The van der Waals surface area contributed by atoms with Gasteiger partial charge >= 0.3 is 0 Å². The highest BCUT2D eigenvalue weighted by atomic mass is 32.1.